The van der Waals surface area contributed by atoms with E-state index in [2.05, 4.69) is 102 Å². The number of hydrogen-bond acceptors (Lipinski definition) is 3. The highest BCUT2D eigenvalue weighted by Crippen LogP contribution is 2.36. The summed E-state index contributed by atoms with van der Waals surface area (Å²) in [6.07, 6.45) is 6.86. The van der Waals surface area contributed by atoms with E-state index in [9.17, 15) is 0 Å². The zero-order chi connectivity index (χ0) is 25.6. The summed E-state index contributed by atoms with van der Waals surface area (Å²) < 4.78 is 0. The van der Waals surface area contributed by atoms with Gasteiger partial charge in [-0.05, 0) is 103 Å². The molecule has 0 spiro atoms. The zero-order valence-corrected chi connectivity index (χ0v) is 21.4. The molecule has 0 saturated carbocycles. The second kappa shape index (κ2) is 11.2. The molecule has 0 bridgehead atoms. The minimum absolute atomic E-state index is 1.02. The lowest BCUT2D eigenvalue weighted by atomic mass is 9.91. The highest BCUT2D eigenvalue weighted by Gasteiger charge is 2.16. The van der Waals surface area contributed by atoms with Crippen LogP contribution in [-0.4, -0.2) is 6.21 Å². The van der Waals surface area contributed by atoms with Crippen LogP contribution in [0.1, 0.15) is 29.5 Å². The van der Waals surface area contributed by atoms with Crippen LogP contribution in [0, 0.1) is 0 Å². The number of benzene rings is 5. The minimum atomic E-state index is 1.02. The van der Waals surface area contributed by atoms with Crippen LogP contribution in [0.2, 0.25) is 0 Å². The second-order valence-electron chi connectivity index (χ2n) is 9.65. The lowest BCUT2D eigenvalue weighted by molar-refractivity contribution is 0.685. The van der Waals surface area contributed by atoms with Gasteiger partial charge in [0.25, 0.3) is 0 Å². The van der Waals surface area contributed by atoms with Gasteiger partial charge in [0.15, 0.2) is 0 Å². The maximum atomic E-state index is 4.87. The summed E-state index contributed by atoms with van der Waals surface area (Å²) >= 11 is 0. The van der Waals surface area contributed by atoms with Crippen LogP contribution >= 0.6 is 0 Å². The van der Waals surface area contributed by atoms with E-state index >= 15 is 0 Å². The number of hydrazone groups is 1. The first-order valence-corrected chi connectivity index (χ1v) is 13.4. The molecule has 0 atom stereocenters. The van der Waals surface area contributed by atoms with Crippen LogP contribution in [0.4, 0.5) is 28.4 Å². The molecule has 0 aromatic heterocycles. The normalized spacial score (nSPS) is 12.7. The quantitative estimate of drug-likeness (QED) is 0.166. The largest absolute Gasteiger partial charge is 0.310 e. The van der Waals surface area contributed by atoms with Crippen molar-refractivity contribution in [3.05, 3.63) is 150 Å². The van der Waals surface area contributed by atoms with E-state index in [1.807, 2.05) is 47.6 Å². The Morgan fingerprint density at radius 1 is 0.474 bits per heavy atom. The van der Waals surface area contributed by atoms with Crippen molar-refractivity contribution in [3.63, 3.8) is 0 Å². The SMILES string of the molecule is C(=NN(c1ccccc1)c1ccccc1)c1ccc(N(c2ccccc2)c2ccc3c(c2)CCCC3)cc1. The van der Waals surface area contributed by atoms with Crippen molar-refractivity contribution in [1.29, 1.82) is 0 Å². The molecule has 3 nitrogen and oxygen atoms in total. The minimum Gasteiger partial charge on any atom is -0.310 e. The van der Waals surface area contributed by atoms with E-state index in [-0.39, 0.29) is 0 Å². The highest BCUT2D eigenvalue weighted by molar-refractivity contribution is 5.84. The van der Waals surface area contributed by atoms with Crippen molar-refractivity contribution in [2.75, 3.05) is 9.91 Å². The molecular formula is C35H31N3. The van der Waals surface area contributed by atoms with Gasteiger partial charge in [-0.25, -0.2) is 5.01 Å². The van der Waals surface area contributed by atoms with Crippen molar-refractivity contribution in [2.24, 2.45) is 5.10 Å². The molecule has 1 aliphatic carbocycles. The average molecular weight is 494 g/mol. The van der Waals surface area contributed by atoms with Crippen LogP contribution in [0.25, 0.3) is 0 Å². The highest BCUT2D eigenvalue weighted by atomic mass is 15.5. The van der Waals surface area contributed by atoms with Gasteiger partial charge in [-0.1, -0.05) is 72.8 Å². The van der Waals surface area contributed by atoms with Crippen molar-refractivity contribution in [2.45, 2.75) is 25.7 Å². The molecule has 38 heavy (non-hydrogen) atoms. The fraction of sp³-hybridized carbons (Fsp3) is 0.114. The zero-order valence-electron chi connectivity index (χ0n) is 21.4. The molecule has 1 aliphatic rings. The smallest absolute Gasteiger partial charge is 0.0652 e. The third kappa shape index (κ3) is 5.23. The molecule has 3 heteroatoms. The fourth-order valence-electron chi connectivity index (χ4n) is 5.14. The molecule has 5 aromatic carbocycles. The van der Waals surface area contributed by atoms with Crippen molar-refractivity contribution in [3.8, 4) is 0 Å². The van der Waals surface area contributed by atoms with Gasteiger partial charge >= 0.3 is 0 Å². The number of rotatable bonds is 7. The Labute approximate surface area is 225 Å². The molecule has 0 aliphatic heterocycles. The molecule has 5 aromatic rings. The fourth-order valence-corrected chi connectivity index (χ4v) is 5.14. The van der Waals surface area contributed by atoms with Crippen LogP contribution < -0.4 is 9.91 Å². The third-order valence-electron chi connectivity index (χ3n) is 7.08. The lowest BCUT2D eigenvalue weighted by Crippen LogP contribution is -2.12. The first-order chi connectivity index (χ1) is 18.8. The number of aryl methyl sites for hydroxylation is 2. The first kappa shape index (κ1) is 23.7. The van der Waals surface area contributed by atoms with E-state index < -0.39 is 0 Å². The van der Waals surface area contributed by atoms with E-state index in [0.29, 0.717) is 0 Å². The van der Waals surface area contributed by atoms with E-state index in [1.54, 1.807) is 0 Å². The van der Waals surface area contributed by atoms with Gasteiger partial charge in [-0.15, -0.1) is 0 Å². The Bertz CT molecular complexity index is 1450. The van der Waals surface area contributed by atoms with Gasteiger partial charge in [0.1, 0.15) is 0 Å². The molecule has 6 rings (SSSR count). The Hall–Kier alpha value is -4.63. The molecule has 0 saturated heterocycles. The monoisotopic (exact) mass is 493 g/mol. The topological polar surface area (TPSA) is 18.8 Å². The summed E-state index contributed by atoms with van der Waals surface area (Å²) in [5, 5.41) is 6.84. The molecule has 0 radical (unpaired) electrons. The molecular weight excluding hydrogens is 462 g/mol. The molecule has 186 valence electrons. The van der Waals surface area contributed by atoms with Crippen molar-refractivity contribution in [1.82, 2.24) is 0 Å². The summed E-state index contributed by atoms with van der Waals surface area (Å²) in [5.41, 5.74) is 9.57. The predicted octanol–water partition coefficient (Wildman–Crippen LogP) is 9.21. The molecule has 0 unspecified atom stereocenters. The molecule has 0 fully saturated rings. The summed E-state index contributed by atoms with van der Waals surface area (Å²) in [5.74, 6) is 0. The summed E-state index contributed by atoms with van der Waals surface area (Å²) in [6, 6.07) is 46.7. The van der Waals surface area contributed by atoms with E-state index in [4.69, 9.17) is 5.10 Å². The summed E-state index contributed by atoms with van der Waals surface area (Å²) in [4.78, 5) is 2.34. The summed E-state index contributed by atoms with van der Waals surface area (Å²) in [7, 11) is 0. The number of para-hydroxylation sites is 3. The maximum Gasteiger partial charge on any atom is 0.0652 e. The van der Waals surface area contributed by atoms with Crippen LogP contribution in [0.3, 0.4) is 0 Å². The number of anilines is 5. The number of nitrogens with zero attached hydrogens (tertiary/aromatic N) is 3. The lowest BCUT2D eigenvalue weighted by Gasteiger charge is -2.27. The first-order valence-electron chi connectivity index (χ1n) is 13.4. The van der Waals surface area contributed by atoms with E-state index in [0.717, 1.165) is 28.3 Å². The standard InChI is InChI=1S/C35H31N3/c1-4-14-31(15-5-1)37(35-25-22-29-12-10-11-13-30(29)26-35)32-23-20-28(21-24-32)27-36-38(33-16-6-2-7-17-33)34-18-8-3-9-19-34/h1-9,14-27H,10-13H2. The summed E-state index contributed by atoms with van der Waals surface area (Å²) in [6.45, 7) is 0. The Morgan fingerprint density at radius 3 is 1.58 bits per heavy atom. The van der Waals surface area contributed by atoms with Gasteiger partial charge in [0, 0.05) is 17.1 Å². The Balaban J connectivity index is 1.31. The number of fused-ring (bicyclic) bond motifs is 1. The van der Waals surface area contributed by atoms with Gasteiger partial charge in [-0.2, -0.15) is 5.10 Å². The maximum absolute atomic E-state index is 4.87. The Kier molecular flexibility index (Phi) is 6.99. The predicted molar refractivity (Wildman–Crippen MR) is 160 cm³/mol. The molecule has 0 N–H and O–H groups in total. The van der Waals surface area contributed by atoms with Gasteiger partial charge in [0.05, 0.1) is 17.6 Å². The van der Waals surface area contributed by atoms with Gasteiger partial charge in [0.2, 0.25) is 0 Å². The molecule has 0 heterocycles. The van der Waals surface area contributed by atoms with Crippen LogP contribution in [-0.2, 0) is 12.8 Å². The number of hydrogen-bond donors (Lipinski definition) is 0. The van der Waals surface area contributed by atoms with Crippen molar-refractivity contribution >= 4 is 34.7 Å². The third-order valence-corrected chi connectivity index (χ3v) is 7.08. The van der Waals surface area contributed by atoms with E-state index in [1.165, 1.54) is 42.5 Å². The molecule has 0 amide bonds. The Morgan fingerprint density at radius 2 is 0.974 bits per heavy atom. The average Bonchev–Trinajstić information content (AvgIpc) is 3.00. The van der Waals surface area contributed by atoms with Gasteiger partial charge in [-0.3, -0.25) is 0 Å². The van der Waals surface area contributed by atoms with Crippen molar-refractivity contribution < 1.29 is 0 Å². The van der Waals surface area contributed by atoms with Gasteiger partial charge < -0.3 is 4.90 Å². The van der Waals surface area contributed by atoms with Crippen LogP contribution in [0.5, 0.6) is 0 Å². The van der Waals surface area contributed by atoms with Crippen LogP contribution in [0.15, 0.2) is 139 Å². The second-order valence-corrected chi connectivity index (χ2v) is 9.65.